The third-order valence-corrected chi connectivity index (χ3v) is 3.54. The zero-order valence-electron chi connectivity index (χ0n) is 9.14. The molecule has 2 rings (SSSR count). The minimum Gasteiger partial charge on any atom is -0.330 e. The number of benzene rings is 1. The van der Waals surface area contributed by atoms with Crippen molar-refractivity contribution in [2.75, 3.05) is 6.54 Å². The molecule has 2 N–H and O–H groups in total. The lowest BCUT2D eigenvalue weighted by atomic mass is 9.94. The van der Waals surface area contributed by atoms with E-state index in [0.29, 0.717) is 5.41 Å². The zero-order chi connectivity index (χ0) is 10.2. The Hall–Kier alpha value is -0.820. The largest absolute Gasteiger partial charge is 0.330 e. The standard InChI is InChI=1S/C13H19N/c1-10-3-4-12(7-11(10)2)8-13(9-14)5-6-13/h3-4,7H,5-6,8-9,14H2,1-2H3. The maximum absolute atomic E-state index is 5.78. The molecule has 1 aromatic rings. The lowest BCUT2D eigenvalue weighted by Crippen LogP contribution is -2.17. The predicted molar refractivity (Wildman–Crippen MR) is 60.3 cm³/mol. The van der Waals surface area contributed by atoms with Crippen LogP contribution < -0.4 is 5.73 Å². The van der Waals surface area contributed by atoms with Crippen molar-refractivity contribution >= 4 is 0 Å². The molecular weight excluding hydrogens is 170 g/mol. The molecule has 1 aliphatic rings. The van der Waals surface area contributed by atoms with Crippen LogP contribution in [0.5, 0.6) is 0 Å². The fourth-order valence-corrected chi connectivity index (χ4v) is 1.98. The third kappa shape index (κ3) is 1.83. The van der Waals surface area contributed by atoms with Crippen LogP contribution in [0.25, 0.3) is 0 Å². The van der Waals surface area contributed by atoms with Gasteiger partial charge in [-0.05, 0) is 61.8 Å². The Morgan fingerprint density at radius 3 is 2.43 bits per heavy atom. The van der Waals surface area contributed by atoms with Gasteiger partial charge < -0.3 is 5.73 Å². The molecule has 14 heavy (non-hydrogen) atoms. The number of hydrogen-bond acceptors (Lipinski definition) is 1. The summed E-state index contributed by atoms with van der Waals surface area (Å²) in [5.41, 5.74) is 10.5. The van der Waals surface area contributed by atoms with Crippen LogP contribution in [0.4, 0.5) is 0 Å². The lowest BCUT2D eigenvalue weighted by molar-refractivity contribution is 0.521. The van der Waals surface area contributed by atoms with E-state index in [2.05, 4.69) is 32.0 Å². The summed E-state index contributed by atoms with van der Waals surface area (Å²) in [5, 5.41) is 0. The molecule has 1 heteroatoms. The fourth-order valence-electron chi connectivity index (χ4n) is 1.98. The second-order valence-corrected chi connectivity index (χ2v) is 4.80. The van der Waals surface area contributed by atoms with Gasteiger partial charge >= 0.3 is 0 Å². The first-order chi connectivity index (χ1) is 6.65. The summed E-state index contributed by atoms with van der Waals surface area (Å²) >= 11 is 0. The van der Waals surface area contributed by atoms with Gasteiger partial charge in [-0.2, -0.15) is 0 Å². The fraction of sp³-hybridized carbons (Fsp3) is 0.538. The Bertz CT molecular complexity index is 337. The molecule has 0 aromatic heterocycles. The van der Waals surface area contributed by atoms with Gasteiger partial charge in [0.15, 0.2) is 0 Å². The van der Waals surface area contributed by atoms with Crippen LogP contribution in [0.15, 0.2) is 18.2 Å². The topological polar surface area (TPSA) is 26.0 Å². The molecule has 0 heterocycles. The van der Waals surface area contributed by atoms with E-state index < -0.39 is 0 Å². The molecule has 1 aliphatic carbocycles. The highest BCUT2D eigenvalue weighted by atomic mass is 14.6. The quantitative estimate of drug-likeness (QED) is 0.777. The summed E-state index contributed by atoms with van der Waals surface area (Å²) in [6.45, 7) is 5.19. The van der Waals surface area contributed by atoms with Gasteiger partial charge in [-0.15, -0.1) is 0 Å². The first-order valence-electron chi connectivity index (χ1n) is 5.41. The Morgan fingerprint density at radius 2 is 1.93 bits per heavy atom. The van der Waals surface area contributed by atoms with Crippen LogP contribution in [-0.4, -0.2) is 6.54 Å². The number of nitrogens with two attached hydrogens (primary N) is 1. The highest BCUT2D eigenvalue weighted by Gasteiger charge is 2.40. The van der Waals surface area contributed by atoms with Gasteiger partial charge in [0.2, 0.25) is 0 Å². The molecule has 76 valence electrons. The van der Waals surface area contributed by atoms with Crippen molar-refractivity contribution in [2.24, 2.45) is 11.1 Å². The summed E-state index contributed by atoms with van der Waals surface area (Å²) in [6.07, 6.45) is 3.80. The number of rotatable bonds is 3. The maximum atomic E-state index is 5.78. The maximum Gasteiger partial charge on any atom is -0.00173 e. The first-order valence-corrected chi connectivity index (χ1v) is 5.41. The summed E-state index contributed by atoms with van der Waals surface area (Å²) < 4.78 is 0. The summed E-state index contributed by atoms with van der Waals surface area (Å²) in [5.74, 6) is 0. The molecule has 1 nitrogen and oxygen atoms in total. The molecule has 0 radical (unpaired) electrons. The van der Waals surface area contributed by atoms with Crippen molar-refractivity contribution < 1.29 is 0 Å². The van der Waals surface area contributed by atoms with Crippen molar-refractivity contribution in [1.29, 1.82) is 0 Å². The summed E-state index contributed by atoms with van der Waals surface area (Å²) in [7, 11) is 0. The van der Waals surface area contributed by atoms with Crippen LogP contribution in [0, 0.1) is 19.3 Å². The molecule has 0 aliphatic heterocycles. The monoisotopic (exact) mass is 189 g/mol. The molecule has 1 fully saturated rings. The SMILES string of the molecule is Cc1ccc(CC2(CN)CC2)cc1C. The molecular formula is C13H19N. The van der Waals surface area contributed by atoms with Gasteiger partial charge in [0.25, 0.3) is 0 Å². The van der Waals surface area contributed by atoms with Gasteiger partial charge in [-0.1, -0.05) is 18.2 Å². The smallest absolute Gasteiger partial charge is 0.00173 e. The van der Waals surface area contributed by atoms with E-state index >= 15 is 0 Å². The van der Waals surface area contributed by atoms with E-state index in [1.165, 1.54) is 36.0 Å². The van der Waals surface area contributed by atoms with E-state index in [1.54, 1.807) is 0 Å². The normalized spacial score (nSPS) is 18.2. The summed E-state index contributed by atoms with van der Waals surface area (Å²) in [4.78, 5) is 0. The van der Waals surface area contributed by atoms with Gasteiger partial charge in [-0.25, -0.2) is 0 Å². The van der Waals surface area contributed by atoms with Crippen molar-refractivity contribution in [2.45, 2.75) is 33.1 Å². The minimum atomic E-state index is 0.460. The number of aryl methyl sites for hydroxylation is 2. The second kappa shape index (κ2) is 3.39. The average molecular weight is 189 g/mol. The van der Waals surface area contributed by atoms with Crippen molar-refractivity contribution in [3.63, 3.8) is 0 Å². The van der Waals surface area contributed by atoms with Crippen LogP contribution >= 0.6 is 0 Å². The lowest BCUT2D eigenvalue weighted by Gasteiger charge is -2.13. The Labute approximate surface area is 86.3 Å². The van der Waals surface area contributed by atoms with E-state index in [-0.39, 0.29) is 0 Å². The van der Waals surface area contributed by atoms with Crippen molar-refractivity contribution in [1.82, 2.24) is 0 Å². The molecule has 1 saturated carbocycles. The zero-order valence-corrected chi connectivity index (χ0v) is 9.14. The molecule has 0 atom stereocenters. The van der Waals surface area contributed by atoms with Gasteiger partial charge in [0.1, 0.15) is 0 Å². The highest BCUT2D eigenvalue weighted by Crippen LogP contribution is 2.47. The van der Waals surface area contributed by atoms with Gasteiger partial charge in [0, 0.05) is 0 Å². The average Bonchev–Trinajstić information content (AvgIpc) is 2.93. The highest BCUT2D eigenvalue weighted by molar-refractivity contribution is 5.31. The Kier molecular flexibility index (Phi) is 2.36. The molecule has 1 aromatic carbocycles. The van der Waals surface area contributed by atoms with Crippen LogP contribution in [0.3, 0.4) is 0 Å². The van der Waals surface area contributed by atoms with Gasteiger partial charge in [-0.3, -0.25) is 0 Å². The number of hydrogen-bond donors (Lipinski definition) is 1. The van der Waals surface area contributed by atoms with E-state index in [1.807, 2.05) is 0 Å². The van der Waals surface area contributed by atoms with Crippen molar-refractivity contribution in [3.8, 4) is 0 Å². The molecule has 0 amide bonds. The molecule has 0 saturated heterocycles. The third-order valence-electron chi connectivity index (χ3n) is 3.54. The van der Waals surface area contributed by atoms with E-state index in [0.717, 1.165) is 6.54 Å². The second-order valence-electron chi connectivity index (χ2n) is 4.80. The Morgan fingerprint density at radius 1 is 1.21 bits per heavy atom. The molecule has 0 unspecified atom stereocenters. The van der Waals surface area contributed by atoms with Crippen LogP contribution in [0.2, 0.25) is 0 Å². The first kappa shape index (κ1) is 9.72. The van der Waals surface area contributed by atoms with E-state index in [4.69, 9.17) is 5.73 Å². The Balaban J connectivity index is 2.14. The molecule has 0 spiro atoms. The van der Waals surface area contributed by atoms with Crippen molar-refractivity contribution in [3.05, 3.63) is 34.9 Å². The van der Waals surface area contributed by atoms with Crippen LogP contribution in [-0.2, 0) is 6.42 Å². The summed E-state index contributed by atoms with van der Waals surface area (Å²) in [6, 6.07) is 6.78. The minimum absolute atomic E-state index is 0.460. The van der Waals surface area contributed by atoms with Gasteiger partial charge in [0.05, 0.1) is 0 Å². The molecule has 0 bridgehead atoms. The predicted octanol–water partition coefficient (Wildman–Crippen LogP) is 2.58. The van der Waals surface area contributed by atoms with E-state index in [9.17, 15) is 0 Å². The van der Waals surface area contributed by atoms with Crippen LogP contribution in [0.1, 0.15) is 29.5 Å².